The first-order chi connectivity index (χ1) is 8.18. The third-order valence-electron chi connectivity index (χ3n) is 2.97. The maximum absolute atomic E-state index is 4.55. The standard InChI is InChI=1S/C14H17IN2/c1-11-14(15)12(2)17(16-11)10-6-9-13-7-4-3-5-8-13/h3-5,7-8H,6,9-10H2,1-2H3. The van der Waals surface area contributed by atoms with Crippen molar-refractivity contribution in [1.29, 1.82) is 0 Å². The molecule has 0 bridgehead atoms. The third-order valence-corrected chi connectivity index (χ3v) is 4.53. The van der Waals surface area contributed by atoms with Crippen molar-refractivity contribution in [2.24, 2.45) is 0 Å². The highest BCUT2D eigenvalue weighted by Crippen LogP contribution is 2.15. The molecule has 0 fully saturated rings. The van der Waals surface area contributed by atoms with Gasteiger partial charge in [0.1, 0.15) is 0 Å². The quantitative estimate of drug-likeness (QED) is 0.776. The second kappa shape index (κ2) is 5.67. The summed E-state index contributed by atoms with van der Waals surface area (Å²) in [6.07, 6.45) is 2.26. The molecule has 90 valence electrons. The molecule has 1 heterocycles. The molecule has 0 radical (unpaired) electrons. The molecule has 0 amide bonds. The van der Waals surface area contributed by atoms with Crippen LogP contribution in [0.2, 0.25) is 0 Å². The Morgan fingerprint density at radius 1 is 1.18 bits per heavy atom. The maximum Gasteiger partial charge on any atom is 0.0729 e. The molecule has 0 saturated carbocycles. The van der Waals surface area contributed by atoms with Gasteiger partial charge in [0, 0.05) is 12.2 Å². The minimum Gasteiger partial charge on any atom is -0.269 e. The average Bonchev–Trinajstić information content (AvgIpc) is 2.59. The zero-order valence-corrected chi connectivity index (χ0v) is 12.4. The number of rotatable bonds is 4. The summed E-state index contributed by atoms with van der Waals surface area (Å²) in [4.78, 5) is 0. The van der Waals surface area contributed by atoms with Crippen molar-refractivity contribution >= 4 is 22.6 Å². The van der Waals surface area contributed by atoms with E-state index in [1.54, 1.807) is 0 Å². The lowest BCUT2D eigenvalue weighted by atomic mass is 10.1. The third kappa shape index (κ3) is 3.09. The lowest BCUT2D eigenvalue weighted by Crippen LogP contribution is -2.04. The fourth-order valence-corrected chi connectivity index (χ4v) is 2.36. The van der Waals surface area contributed by atoms with Crippen LogP contribution < -0.4 is 0 Å². The molecule has 1 aromatic carbocycles. The van der Waals surface area contributed by atoms with E-state index < -0.39 is 0 Å². The van der Waals surface area contributed by atoms with Crippen LogP contribution in [0.1, 0.15) is 23.4 Å². The van der Waals surface area contributed by atoms with Crippen LogP contribution in [0.3, 0.4) is 0 Å². The molecule has 0 saturated heterocycles. The van der Waals surface area contributed by atoms with Gasteiger partial charge < -0.3 is 0 Å². The molecular weight excluding hydrogens is 323 g/mol. The van der Waals surface area contributed by atoms with Crippen LogP contribution >= 0.6 is 22.6 Å². The monoisotopic (exact) mass is 340 g/mol. The number of hydrogen-bond acceptors (Lipinski definition) is 1. The lowest BCUT2D eigenvalue weighted by molar-refractivity contribution is 0.562. The largest absolute Gasteiger partial charge is 0.269 e. The van der Waals surface area contributed by atoms with Gasteiger partial charge in [-0.2, -0.15) is 5.10 Å². The van der Waals surface area contributed by atoms with E-state index in [9.17, 15) is 0 Å². The van der Waals surface area contributed by atoms with Crippen LogP contribution in [0, 0.1) is 17.4 Å². The first kappa shape index (κ1) is 12.6. The number of nitrogens with zero attached hydrogens (tertiary/aromatic N) is 2. The van der Waals surface area contributed by atoms with Crippen LogP contribution in [-0.2, 0) is 13.0 Å². The molecule has 2 aromatic rings. The van der Waals surface area contributed by atoms with Gasteiger partial charge in [-0.15, -0.1) is 0 Å². The highest BCUT2D eigenvalue weighted by molar-refractivity contribution is 14.1. The minimum absolute atomic E-state index is 1.00. The van der Waals surface area contributed by atoms with Crippen molar-refractivity contribution in [2.75, 3.05) is 0 Å². The molecule has 0 aliphatic rings. The Morgan fingerprint density at radius 2 is 1.88 bits per heavy atom. The molecule has 0 unspecified atom stereocenters. The van der Waals surface area contributed by atoms with Crippen LogP contribution in [0.25, 0.3) is 0 Å². The van der Waals surface area contributed by atoms with Gasteiger partial charge in [-0.3, -0.25) is 4.68 Å². The predicted molar refractivity (Wildman–Crippen MR) is 79.2 cm³/mol. The molecule has 0 aliphatic carbocycles. The van der Waals surface area contributed by atoms with Crippen molar-refractivity contribution < 1.29 is 0 Å². The van der Waals surface area contributed by atoms with Crippen LogP contribution in [0.15, 0.2) is 30.3 Å². The zero-order chi connectivity index (χ0) is 12.3. The number of aromatic nitrogens is 2. The predicted octanol–water partition coefficient (Wildman–Crippen LogP) is 3.74. The second-order valence-corrected chi connectivity index (χ2v) is 5.38. The molecule has 0 N–H and O–H groups in total. The SMILES string of the molecule is Cc1nn(CCCc2ccccc2)c(C)c1I. The van der Waals surface area contributed by atoms with Crippen LogP contribution in [0.4, 0.5) is 0 Å². The fraction of sp³-hybridized carbons (Fsp3) is 0.357. The van der Waals surface area contributed by atoms with E-state index in [-0.39, 0.29) is 0 Å². The fourth-order valence-electron chi connectivity index (χ4n) is 1.97. The summed E-state index contributed by atoms with van der Waals surface area (Å²) >= 11 is 2.37. The van der Waals surface area contributed by atoms with E-state index in [1.165, 1.54) is 14.8 Å². The van der Waals surface area contributed by atoms with E-state index in [0.29, 0.717) is 0 Å². The Balaban J connectivity index is 1.92. The number of hydrogen-bond donors (Lipinski definition) is 0. The molecule has 0 spiro atoms. The first-order valence-corrected chi connectivity index (χ1v) is 7.00. The molecule has 1 aromatic heterocycles. The Hall–Kier alpha value is -0.840. The van der Waals surface area contributed by atoms with Crippen molar-refractivity contribution in [3.63, 3.8) is 0 Å². The number of benzene rings is 1. The molecule has 2 rings (SSSR count). The van der Waals surface area contributed by atoms with Gasteiger partial charge in [-0.25, -0.2) is 0 Å². The van der Waals surface area contributed by atoms with Gasteiger partial charge in [0.2, 0.25) is 0 Å². The van der Waals surface area contributed by atoms with Crippen molar-refractivity contribution in [2.45, 2.75) is 33.2 Å². The smallest absolute Gasteiger partial charge is 0.0729 e. The number of aryl methyl sites for hydroxylation is 3. The van der Waals surface area contributed by atoms with Gasteiger partial charge in [-0.1, -0.05) is 30.3 Å². The van der Waals surface area contributed by atoms with Gasteiger partial charge in [-0.05, 0) is 54.8 Å². The summed E-state index contributed by atoms with van der Waals surface area (Å²) in [5, 5.41) is 4.55. The summed E-state index contributed by atoms with van der Waals surface area (Å²) in [7, 11) is 0. The van der Waals surface area contributed by atoms with Gasteiger partial charge in [0.05, 0.1) is 9.26 Å². The summed E-state index contributed by atoms with van der Waals surface area (Å²) in [6.45, 7) is 5.22. The Morgan fingerprint density at radius 3 is 2.47 bits per heavy atom. The summed E-state index contributed by atoms with van der Waals surface area (Å²) in [5.41, 5.74) is 3.84. The highest BCUT2D eigenvalue weighted by atomic mass is 127. The molecule has 2 nitrogen and oxygen atoms in total. The minimum atomic E-state index is 1.00. The van der Waals surface area contributed by atoms with E-state index in [4.69, 9.17) is 0 Å². The Labute approximate surface area is 116 Å². The summed E-state index contributed by atoms with van der Waals surface area (Å²) in [5.74, 6) is 0. The van der Waals surface area contributed by atoms with E-state index in [2.05, 4.69) is 76.6 Å². The van der Waals surface area contributed by atoms with Crippen molar-refractivity contribution in [3.8, 4) is 0 Å². The molecule has 0 atom stereocenters. The molecule has 3 heteroatoms. The van der Waals surface area contributed by atoms with Gasteiger partial charge >= 0.3 is 0 Å². The van der Waals surface area contributed by atoms with Crippen molar-refractivity contribution in [3.05, 3.63) is 50.9 Å². The maximum atomic E-state index is 4.55. The zero-order valence-electron chi connectivity index (χ0n) is 10.3. The average molecular weight is 340 g/mol. The Kier molecular flexibility index (Phi) is 4.20. The van der Waals surface area contributed by atoms with E-state index >= 15 is 0 Å². The van der Waals surface area contributed by atoms with Crippen molar-refractivity contribution in [1.82, 2.24) is 9.78 Å². The molecular formula is C14H17IN2. The summed E-state index contributed by atoms with van der Waals surface area (Å²) in [6, 6.07) is 10.6. The van der Waals surface area contributed by atoms with Crippen LogP contribution in [0.5, 0.6) is 0 Å². The second-order valence-electron chi connectivity index (χ2n) is 4.30. The number of halogens is 1. The summed E-state index contributed by atoms with van der Waals surface area (Å²) < 4.78 is 3.42. The van der Waals surface area contributed by atoms with E-state index in [0.717, 1.165) is 25.1 Å². The highest BCUT2D eigenvalue weighted by Gasteiger charge is 2.07. The van der Waals surface area contributed by atoms with Crippen LogP contribution in [-0.4, -0.2) is 9.78 Å². The topological polar surface area (TPSA) is 17.8 Å². The van der Waals surface area contributed by atoms with E-state index in [1.807, 2.05) is 0 Å². The molecule has 17 heavy (non-hydrogen) atoms. The molecule has 0 aliphatic heterocycles. The van der Waals surface area contributed by atoms with Gasteiger partial charge in [0.25, 0.3) is 0 Å². The van der Waals surface area contributed by atoms with Gasteiger partial charge in [0.15, 0.2) is 0 Å². The lowest BCUT2D eigenvalue weighted by Gasteiger charge is -2.04. The normalized spacial score (nSPS) is 10.8. The Bertz CT molecular complexity index is 488. The first-order valence-electron chi connectivity index (χ1n) is 5.92.